The molecule has 0 saturated carbocycles. The zero-order valence-corrected chi connectivity index (χ0v) is 12.3. The molecule has 6 heteroatoms. The average Bonchev–Trinajstić information content (AvgIpc) is 2.26. The van der Waals surface area contributed by atoms with Gasteiger partial charge in [0.1, 0.15) is 15.9 Å². The number of benzene rings is 2. The van der Waals surface area contributed by atoms with Gasteiger partial charge in [-0.2, -0.15) is 0 Å². The zero-order valence-electron chi connectivity index (χ0n) is 9.51. The number of rotatable bonds is 2. The van der Waals surface area contributed by atoms with Gasteiger partial charge in [0.05, 0.1) is 12.0 Å². The Hall–Kier alpha value is -0.590. The largest absolute Gasteiger partial charge is 1.00 e. The van der Waals surface area contributed by atoms with Crippen molar-refractivity contribution in [1.29, 1.82) is 0 Å². The molecule has 2 aromatic rings. The molecule has 0 atom stereocenters. The van der Waals surface area contributed by atoms with E-state index in [9.17, 15) is 13.0 Å². The molecule has 0 bridgehead atoms. The normalized spacial score (nSPS) is 10.9. The zero-order chi connectivity index (χ0) is 11.8. The van der Waals surface area contributed by atoms with Crippen LogP contribution in [0.25, 0.3) is 10.8 Å². The summed E-state index contributed by atoms with van der Waals surface area (Å²) in [5, 5.41) is 1.44. The molecule has 4 nitrogen and oxygen atoms in total. The van der Waals surface area contributed by atoms with Crippen LogP contribution in [0, 0.1) is 0 Å². The van der Waals surface area contributed by atoms with Crippen molar-refractivity contribution in [2.45, 2.75) is 4.90 Å². The molecule has 0 unspecified atom stereocenters. The Morgan fingerprint density at radius 1 is 1.12 bits per heavy atom. The molecule has 2 rings (SSSR count). The first-order chi connectivity index (χ1) is 7.54. The van der Waals surface area contributed by atoms with Crippen LogP contribution < -0.4 is 34.3 Å². The molecule has 0 aliphatic rings. The van der Waals surface area contributed by atoms with Gasteiger partial charge in [-0.1, -0.05) is 30.3 Å². The Balaban J connectivity index is 0.00000144. The monoisotopic (exact) mass is 260 g/mol. The fraction of sp³-hybridized carbons (Fsp3) is 0.0909. The molecule has 0 heterocycles. The van der Waals surface area contributed by atoms with E-state index in [1.807, 2.05) is 12.1 Å². The van der Waals surface area contributed by atoms with Gasteiger partial charge >= 0.3 is 29.6 Å². The molecule has 0 aromatic heterocycles. The summed E-state index contributed by atoms with van der Waals surface area (Å²) < 4.78 is 38.1. The van der Waals surface area contributed by atoms with Gasteiger partial charge in [-0.3, -0.25) is 0 Å². The van der Waals surface area contributed by atoms with Crippen molar-refractivity contribution in [3.05, 3.63) is 36.4 Å². The summed E-state index contributed by atoms with van der Waals surface area (Å²) >= 11 is 0. The smallest absolute Gasteiger partial charge is 0.744 e. The number of hydrogen-bond donors (Lipinski definition) is 0. The molecular weight excluding hydrogens is 251 g/mol. The van der Waals surface area contributed by atoms with Crippen LogP contribution in [-0.4, -0.2) is 20.1 Å². The van der Waals surface area contributed by atoms with Crippen molar-refractivity contribution >= 4 is 20.9 Å². The van der Waals surface area contributed by atoms with Gasteiger partial charge in [0, 0.05) is 5.39 Å². The van der Waals surface area contributed by atoms with Gasteiger partial charge in [0.15, 0.2) is 0 Å². The molecule has 0 aliphatic heterocycles. The quantitative estimate of drug-likeness (QED) is 0.500. The third-order valence-corrected chi connectivity index (χ3v) is 3.18. The molecular formula is C11H9NaO4S. The summed E-state index contributed by atoms with van der Waals surface area (Å²) in [5.74, 6) is 0.105. The van der Waals surface area contributed by atoms with Gasteiger partial charge in [-0.25, -0.2) is 8.42 Å². The Kier molecular flexibility index (Phi) is 4.57. The van der Waals surface area contributed by atoms with Crippen LogP contribution >= 0.6 is 0 Å². The van der Waals surface area contributed by atoms with Gasteiger partial charge < -0.3 is 9.29 Å². The summed E-state index contributed by atoms with van der Waals surface area (Å²) in [5.41, 5.74) is 0. The molecule has 0 amide bonds. The first-order valence-corrected chi connectivity index (χ1v) is 5.96. The topological polar surface area (TPSA) is 66.4 Å². The van der Waals surface area contributed by atoms with Crippen molar-refractivity contribution in [3.8, 4) is 5.75 Å². The van der Waals surface area contributed by atoms with Gasteiger partial charge in [-0.15, -0.1) is 0 Å². The molecule has 0 radical (unpaired) electrons. The molecule has 0 saturated heterocycles. The summed E-state index contributed by atoms with van der Waals surface area (Å²) in [6.45, 7) is 0. The Morgan fingerprint density at radius 3 is 2.35 bits per heavy atom. The number of methoxy groups -OCH3 is 1. The van der Waals surface area contributed by atoms with Crippen LogP contribution in [0.2, 0.25) is 0 Å². The maximum absolute atomic E-state index is 11.0. The summed E-state index contributed by atoms with van der Waals surface area (Å²) in [7, 11) is -3.17. The fourth-order valence-electron chi connectivity index (χ4n) is 1.63. The third-order valence-electron chi connectivity index (χ3n) is 2.32. The number of hydrogen-bond acceptors (Lipinski definition) is 4. The molecule has 0 spiro atoms. The minimum atomic E-state index is -4.51. The average molecular weight is 260 g/mol. The van der Waals surface area contributed by atoms with E-state index in [0.717, 1.165) is 5.39 Å². The maximum atomic E-state index is 11.0. The predicted octanol–water partition coefficient (Wildman–Crippen LogP) is -1.24. The van der Waals surface area contributed by atoms with Gasteiger partial charge in [0.2, 0.25) is 0 Å². The molecule has 17 heavy (non-hydrogen) atoms. The molecule has 84 valence electrons. The Bertz CT molecular complexity index is 637. The summed E-state index contributed by atoms with van der Waals surface area (Å²) in [6, 6.07) is 9.97. The summed E-state index contributed by atoms with van der Waals surface area (Å²) in [4.78, 5) is -0.325. The van der Waals surface area contributed by atoms with Crippen LogP contribution in [0.5, 0.6) is 5.75 Å². The van der Waals surface area contributed by atoms with Crippen molar-refractivity contribution in [3.63, 3.8) is 0 Å². The van der Waals surface area contributed by atoms with Crippen molar-refractivity contribution < 1.29 is 47.3 Å². The second kappa shape index (κ2) is 5.37. The number of fused-ring (bicyclic) bond motifs is 1. The van der Waals surface area contributed by atoms with E-state index in [0.29, 0.717) is 5.39 Å². The van der Waals surface area contributed by atoms with Crippen LogP contribution in [0.3, 0.4) is 0 Å². The van der Waals surface area contributed by atoms with E-state index in [-0.39, 0.29) is 40.2 Å². The second-order valence-electron chi connectivity index (χ2n) is 3.27. The maximum Gasteiger partial charge on any atom is 1.00 e. The van der Waals surface area contributed by atoms with E-state index in [1.54, 1.807) is 18.2 Å². The predicted molar refractivity (Wildman–Crippen MR) is 58.5 cm³/mol. The minimum absolute atomic E-state index is 0. The van der Waals surface area contributed by atoms with E-state index < -0.39 is 10.1 Å². The minimum Gasteiger partial charge on any atom is -0.744 e. The number of ether oxygens (including phenoxy) is 1. The van der Waals surface area contributed by atoms with Crippen molar-refractivity contribution in [1.82, 2.24) is 0 Å². The second-order valence-corrected chi connectivity index (χ2v) is 4.62. The van der Waals surface area contributed by atoms with Crippen LogP contribution in [0.4, 0.5) is 0 Å². The van der Waals surface area contributed by atoms with Crippen LogP contribution in [-0.2, 0) is 10.1 Å². The first kappa shape index (κ1) is 14.5. The van der Waals surface area contributed by atoms with Crippen molar-refractivity contribution in [2.75, 3.05) is 7.11 Å². The van der Waals surface area contributed by atoms with E-state index >= 15 is 0 Å². The fourth-order valence-corrected chi connectivity index (χ4v) is 2.29. The third kappa shape index (κ3) is 2.81. The summed E-state index contributed by atoms with van der Waals surface area (Å²) in [6.07, 6.45) is 0. The molecule has 0 aliphatic carbocycles. The molecule has 0 N–H and O–H groups in total. The van der Waals surface area contributed by atoms with E-state index in [1.165, 1.54) is 13.2 Å². The van der Waals surface area contributed by atoms with Gasteiger partial charge in [0.25, 0.3) is 0 Å². The Morgan fingerprint density at radius 2 is 1.76 bits per heavy atom. The van der Waals surface area contributed by atoms with E-state index in [2.05, 4.69) is 0 Å². The Labute approximate surface area is 122 Å². The van der Waals surface area contributed by atoms with Gasteiger partial charge in [-0.05, 0) is 11.5 Å². The molecule has 2 aromatic carbocycles. The van der Waals surface area contributed by atoms with E-state index in [4.69, 9.17) is 4.74 Å². The first-order valence-electron chi connectivity index (χ1n) is 4.55. The molecule has 0 fully saturated rings. The SMILES string of the molecule is COc1c(S(=O)(=O)[O-])ccc2ccccc12.[Na+]. The van der Waals surface area contributed by atoms with Crippen molar-refractivity contribution in [2.24, 2.45) is 0 Å². The standard InChI is InChI=1S/C11H10O4S.Na/c1-15-11-9-5-3-2-4-8(9)6-7-10(11)16(12,13)14;/h2-7H,1H3,(H,12,13,14);/q;+1/p-1. The van der Waals surface area contributed by atoms with Crippen LogP contribution in [0.15, 0.2) is 41.3 Å². The van der Waals surface area contributed by atoms with Crippen LogP contribution in [0.1, 0.15) is 0 Å².